The molecule has 1 aromatic heterocycles. The number of hydrogen-bond donors (Lipinski definition) is 1. The lowest BCUT2D eigenvalue weighted by Gasteiger charge is -2.37. The molecule has 1 unspecified atom stereocenters. The lowest BCUT2D eigenvalue weighted by atomic mass is 9.82. The summed E-state index contributed by atoms with van der Waals surface area (Å²) in [5.74, 6) is -1.02. The Hall–Kier alpha value is -3.17. The van der Waals surface area contributed by atoms with Gasteiger partial charge in [-0.2, -0.15) is 0 Å². The minimum absolute atomic E-state index is 0.323. The smallest absolute Gasteiger partial charge is 0.338 e. The second-order valence-electron chi connectivity index (χ2n) is 7.76. The predicted octanol–water partition coefficient (Wildman–Crippen LogP) is 2.38. The van der Waals surface area contributed by atoms with Crippen LogP contribution in [0.15, 0.2) is 58.9 Å². The molecule has 168 valence electrons. The summed E-state index contributed by atoms with van der Waals surface area (Å²) in [6.07, 6.45) is 1.11. The van der Waals surface area contributed by atoms with Crippen molar-refractivity contribution in [2.75, 3.05) is 40.0 Å². The number of halogens is 2. The number of amidine groups is 1. The predicted molar refractivity (Wildman–Crippen MR) is 114 cm³/mol. The minimum Gasteiger partial charge on any atom is -0.466 e. The number of aliphatic imine (C=N–C) groups is 1. The van der Waals surface area contributed by atoms with Crippen molar-refractivity contribution in [3.8, 4) is 0 Å². The largest absolute Gasteiger partial charge is 0.466 e. The zero-order valence-electron chi connectivity index (χ0n) is 17.9. The van der Waals surface area contributed by atoms with Crippen LogP contribution in [0.2, 0.25) is 0 Å². The third-order valence-corrected chi connectivity index (χ3v) is 5.64. The molecule has 0 amide bonds. The van der Waals surface area contributed by atoms with Gasteiger partial charge in [0.1, 0.15) is 22.9 Å². The quantitative estimate of drug-likeness (QED) is 0.717. The van der Waals surface area contributed by atoms with E-state index < -0.39 is 23.1 Å². The van der Waals surface area contributed by atoms with Crippen LogP contribution in [-0.2, 0) is 19.8 Å². The summed E-state index contributed by atoms with van der Waals surface area (Å²) in [6, 6.07) is 8.64. The van der Waals surface area contributed by atoms with Crippen molar-refractivity contribution in [2.45, 2.75) is 12.5 Å². The second-order valence-corrected chi connectivity index (χ2v) is 7.76. The van der Waals surface area contributed by atoms with Crippen molar-refractivity contribution < 1.29 is 23.0 Å². The van der Waals surface area contributed by atoms with Crippen molar-refractivity contribution in [3.63, 3.8) is 0 Å². The zero-order chi connectivity index (χ0) is 22.7. The number of rotatable bonds is 5. The molecule has 1 N–H and O–H groups in total. The van der Waals surface area contributed by atoms with Crippen LogP contribution in [0.3, 0.4) is 0 Å². The molecular weight excluding hydrogens is 418 g/mol. The maximum atomic E-state index is 13.6. The average Bonchev–Trinajstić information content (AvgIpc) is 2.80. The number of esters is 1. The molecule has 0 bridgehead atoms. The lowest BCUT2D eigenvalue weighted by molar-refractivity contribution is -0.137. The van der Waals surface area contributed by atoms with Gasteiger partial charge in [-0.15, -0.1) is 0 Å². The summed E-state index contributed by atoms with van der Waals surface area (Å²) in [5, 5.41) is 3.23. The first-order valence-electron chi connectivity index (χ1n) is 10.3. The monoisotopic (exact) mass is 442 g/mol. The van der Waals surface area contributed by atoms with Crippen molar-refractivity contribution in [1.82, 2.24) is 15.2 Å². The van der Waals surface area contributed by atoms with Gasteiger partial charge in [0.2, 0.25) is 0 Å². The Balaban J connectivity index is 1.85. The third kappa shape index (κ3) is 4.39. The molecule has 4 rings (SSSR count). The van der Waals surface area contributed by atoms with Gasteiger partial charge in [-0.3, -0.25) is 4.90 Å². The van der Waals surface area contributed by atoms with Gasteiger partial charge in [-0.25, -0.2) is 23.6 Å². The first-order chi connectivity index (χ1) is 15.4. The lowest BCUT2D eigenvalue weighted by Crippen LogP contribution is -2.47. The summed E-state index contributed by atoms with van der Waals surface area (Å²) < 4.78 is 37.7. The van der Waals surface area contributed by atoms with E-state index in [1.165, 1.54) is 31.4 Å². The maximum absolute atomic E-state index is 13.6. The first-order valence-corrected chi connectivity index (χ1v) is 10.3. The van der Waals surface area contributed by atoms with E-state index in [0.29, 0.717) is 61.2 Å². The summed E-state index contributed by atoms with van der Waals surface area (Å²) in [7, 11) is 1.31. The number of carbonyl (C=O) groups is 1. The summed E-state index contributed by atoms with van der Waals surface area (Å²) in [6.45, 7) is 4.79. The summed E-state index contributed by atoms with van der Waals surface area (Å²) in [4.78, 5) is 24.1. The molecule has 1 saturated heterocycles. The van der Waals surface area contributed by atoms with Crippen molar-refractivity contribution >= 4 is 11.8 Å². The van der Waals surface area contributed by atoms with Gasteiger partial charge in [-0.1, -0.05) is 12.1 Å². The number of ether oxygens (including phenoxy) is 2. The Morgan fingerprint density at radius 3 is 2.47 bits per heavy atom. The Kier molecular flexibility index (Phi) is 6.29. The van der Waals surface area contributed by atoms with Gasteiger partial charge in [0.05, 0.1) is 32.1 Å². The standard InChI is InChI=1S/C23H24F2N4O3/c1-23(15-3-5-16(24)6-4-15)20(22(30)31-2)19(14-29-9-11-32-12-10-29)27-21(28-23)18-8-7-17(25)13-26-18/h3-8,13H,9-12,14H2,1-2H3,(H,27,28). The van der Waals surface area contributed by atoms with E-state index in [4.69, 9.17) is 14.5 Å². The van der Waals surface area contributed by atoms with Crippen molar-refractivity contribution in [2.24, 2.45) is 4.99 Å². The molecule has 1 aromatic carbocycles. The Morgan fingerprint density at radius 1 is 1.16 bits per heavy atom. The van der Waals surface area contributed by atoms with E-state index in [1.54, 1.807) is 19.1 Å². The molecule has 2 aliphatic heterocycles. The van der Waals surface area contributed by atoms with Crippen LogP contribution in [0.5, 0.6) is 0 Å². The fourth-order valence-corrected chi connectivity index (χ4v) is 3.95. The highest BCUT2D eigenvalue weighted by Gasteiger charge is 2.42. The fourth-order valence-electron chi connectivity index (χ4n) is 3.95. The number of carbonyl (C=O) groups excluding carboxylic acids is 1. The fraction of sp³-hybridized carbons (Fsp3) is 0.348. The highest BCUT2D eigenvalue weighted by molar-refractivity contribution is 6.03. The first kappa shape index (κ1) is 22.0. The number of methoxy groups -OCH3 is 1. The SMILES string of the molecule is COC(=O)C1=C(CN2CCOCC2)NC(c2ccc(F)cn2)=NC1(C)c1ccc(F)cc1. The molecule has 2 aromatic rings. The molecular formula is C23H24F2N4O3. The summed E-state index contributed by atoms with van der Waals surface area (Å²) in [5.41, 5.74) is 0.771. The van der Waals surface area contributed by atoms with E-state index in [2.05, 4.69) is 15.2 Å². The zero-order valence-corrected chi connectivity index (χ0v) is 17.9. The van der Waals surface area contributed by atoms with E-state index in [1.807, 2.05) is 0 Å². The minimum atomic E-state index is -1.18. The molecule has 7 nitrogen and oxygen atoms in total. The number of aromatic nitrogens is 1. The van der Waals surface area contributed by atoms with Crippen molar-refractivity contribution in [1.29, 1.82) is 0 Å². The van der Waals surface area contributed by atoms with Crippen LogP contribution < -0.4 is 5.32 Å². The van der Waals surface area contributed by atoms with E-state index >= 15 is 0 Å². The van der Waals surface area contributed by atoms with Crippen LogP contribution in [-0.4, -0.2) is 61.6 Å². The highest BCUT2D eigenvalue weighted by atomic mass is 19.1. The molecule has 0 radical (unpaired) electrons. The average molecular weight is 442 g/mol. The Labute approximate surface area is 184 Å². The van der Waals surface area contributed by atoms with Gasteiger partial charge < -0.3 is 14.8 Å². The van der Waals surface area contributed by atoms with E-state index in [0.717, 1.165) is 6.20 Å². The van der Waals surface area contributed by atoms with E-state index in [9.17, 15) is 13.6 Å². The number of benzene rings is 1. The summed E-state index contributed by atoms with van der Waals surface area (Å²) >= 11 is 0. The van der Waals surface area contributed by atoms with Gasteiger partial charge in [0, 0.05) is 25.3 Å². The molecule has 9 heteroatoms. The van der Waals surface area contributed by atoms with Gasteiger partial charge in [0.25, 0.3) is 0 Å². The molecule has 0 saturated carbocycles. The third-order valence-electron chi connectivity index (χ3n) is 5.64. The molecule has 3 heterocycles. The topological polar surface area (TPSA) is 76.0 Å². The maximum Gasteiger partial charge on any atom is 0.338 e. The number of nitrogens with one attached hydrogen (secondary N) is 1. The molecule has 0 spiro atoms. The molecule has 1 atom stereocenters. The van der Waals surface area contributed by atoms with Crippen LogP contribution in [0, 0.1) is 11.6 Å². The van der Waals surface area contributed by atoms with Crippen LogP contribution in [0.1, 0.15) is 18.2 Å². The number of morpholine rings is 1. The molecule has 32 heavy (non-hydrogen) atoms. The van der Waals surface area contributed by atoms with Crippen LogP contribution in [0.25, 0.3) is 0 Å². The number of pyridine rings is 1. The number of nitrogens with zero attached hydrogens (tertiary/aromatic N) is 3. The molecule has 0 aliphatic carbocycles. The normalized spacial score (nSPS) is 21.7. The number of hydrogen-bond acceptors (Lipinski definition) is 7. The van der Waals surface area contributed by atoms with Crippen molar-refractivity contribution in [3.05, 3.63) is 76.8 Å². The molecule has 2 aliphatic rings. The van der Waals surface area contributed by atoms with E-state index in [-0.39, 0.29) is 0 Å². The second kappa shape index (κ2) is 9.13. The Bertz CT molecular complexity index is 1050. The van der Waals surface area contributed by atoms with Gasteiger partial charge in [-0.05, 0) is 36.8 Å². The van der Waals surface area contributed by atoms with Gasteiger partial charge in [0.15, 0.2) is 5.84 Å². The van der Waals surface area contributed by atoms with Crippen LogP contribution in [0.4, 0.5) is 8.78 Å². The van der Waals surface area contributed by atoms with Crippen LogP contribution >= 0.6 is 0 Å². The Morgan fingerprint density at radius 2 is 1.84 bits per heavy atom. The van der Waals surface area contributed by atoms with Gasteiger partial charge >= 0.3 is 5.97 Å². The molecule has 1 fully saturated rings. The highest BCUT2D eigenvalue weighted by Crippen LogP contribution is 2.39.